The van der Waals surface area contributed by atoms with Crippen molar-refractivity contribution < 1.29 is 19.5 Å². The Morgan fingerprint density at radius 3 is 2.30 bits per heavy atom. The van der Waals surface area contributed by atoms with Crippen LogP contribution in [0.15, 0.2) is 54.6 Å². The molecule has 2 aromatic carbocycles. The maximum Gasteiger partial charge on any atom is 0.322 e. The van der Waals surface area contributed by atoms with Gasteiger partial charge in [0.1, 0.15) is 6.54 Å². The summed E-state index contributed by atoms with van der Waals surface area (Å²) in [5.41, 5.74) is 2.57. The van der Waals surface area contributed by atoms with Crippen LogP contribution >= 0.6 is 11.8 Å². The second kappa shape index (κ2) is 10.4. The van der Waals surface area contributed by atoms with Crippen molar-refractivity contribution in [3.8, 4) is 0 Å². The maximum atomic E-state index is 12.3. The summed E-state index contributed by atoms with van der Waals surface area (Å²) in [6, 6.07) is 16.9. The van der Waals surface area contributed by atoms with Crippen molar-refractivity contribution in [1.29, 1.82) is 0 Å². The van der Waals surface area contributed by atoms with Gasteiger partial charge in [0.05, 0.1) is 11.7 Å². The predicted molar refractivity (Wildman–Crippen MR) is 107 cm³/mol. The quantitative estimate of drug-likeness (QED) is 0.616. The Bertz CT molecular complexity index is 778. The summed E-state index contributed by atoms with van der Waals surface area (Å²) in [6.07, 6.45) is 0.0881. The molecule has 2 rings (SSSR count). The van der Waals surface area contributed by atoms with Gasteiger partial charge < -0.3 is 15.7 Å². The van der Waals surface area contributed by atoms with Crippen LogP contribution in [0.2, 0.25) is 0 Å². The molecule has 0 aromatic heterocycles. The number of nitrogens with one attached hydrogen (secondary N) is 2. The number of anilines is 1. The molecule has 0 aliphatic rings. The SMILES string of the molecule is CC(SCc1ccccc1)C(=O)Nc1ccc(CC(=O)NCC(=O)O)cc1. The molecule has 7 heteroatoms. The van der Waals surface area contributed by atoms with Crippen LogP contribution in [0.25, 0.3) is 0 Å². The molecule has 142 valence electrons. The number of benzene rings is 2. The van der Waals surface area contributed by atoms with Crippen LogP contribution in [0.5, 0.6) is 0 Å². The largest absolute Gasteiger partial charge is 0.480 e. The molecule has 0 aliphatic carbocycles. The highest BCUT2D eigenvalue weighted by atomic mass is 32.2. The number of hydrogen-bond acceptors (Lipinski definition) is 4. The zero-order valence-electron chi connectivity index (χ0n) is 15.0. The second-order valence-electron chi connectivity index (χ2n) is 5.97. The molecule has 2 amide bonds. The lowest BCUT2D eigenvalue weighted by molar-refractivity contribution is -0.137. The Kier molecular flexibility index (Phi) is 7.88. The van der Waals surface area contributed by atoms with Crippen LogP contribution in [0, 0.1) is 0 Å². The summed E-state index contributed by atoms with van der Waals surface area (Å²) in [7, 11) is 0. The summed E-state index contributed by atoms with van der Waals surface area (Å²) >= 11 is 1.56. The van der Waals surface area contributed by atoms with Crippen molar-refractivity contribution in [2.24, 2.45) is 0 Å². The average molecular weight is 386 g/mol. The Balaban J connectivity index is 1.79. The number of carboxylic acid groups (broad SMARTS) is 1. The molecule has 0 radical (unpaired) electrons. The molecule has 0 bridgehead atoms. The highest BCUT2D eigenvalue weighted by molar-refractivity contribution is 7.99. The number of carbonyl (C=O) groups excluding carboxylic acids is 2. The van der Waals surface area contributed by atoms with Gasteiger partial charge in [-0.1, -0.05) is 42.5 Å². The summed E-state index contributed by atoms with van der Waals surface area (Å²) in [4.78, 5) is 34.3. The third-order valence-electron chi connectivity index (χ3n) is 3.73. The van der Waals surface area contributed by atoms with Crippen LogP contribution in [0.4, 0.5) is 5.69 Å². The van der Waals surface area contributed by atoms with Crippen molar-refractivity contribution in [2.75, 3.05) is 11.9 Å². The standard InChI is InChI=1S/C20H22N2O4S/c1-14(27-13-16-5-3-2-4-6-16)20(26)22-17-9-7-15(8-10-17)11-18(23)21-12-19(24)25/h2-10,14H,11-13H2,1H3,(H,21,23)(H,22,26)(H,24,25). The van der Waals surface area contributed by atoms with E-state index in [4.69, 9.17) is 5.11 Å². The van der Waals surface area contributed by atoms with Crippen molar-refractivity contribution >= 4 is 35.2 Å². The zero-order valence-corrected chi connectivity index (χ0v) is 15.8. The fourth-order valence-electron chi connectivity index (χ4n) is 2.24. The first-order valence-electron chi connectivity index (χ1n) is 8.48. The van der Waals surface area contributed by atoms with Gasteiger partial charge in [0.2, 0.25) is 11.8 Å². The number of carbonyl (C=O) groups is 3. The summed E-state index contributed by atoms with van der Waals surface area (Å²) in [5, 5.41) is 13.5. The highest BCUT2D eigenvalue weighted by Crippen LogP contribution is 2.19. The van der Waals surface area contributed by atoms with Crippen LogP contribution < -0.4 is 10.6 Å². The van der Waals surface area contributed by atoms with Gasteiger partial charge in [0, 0.05) is 11.4 Å². The minimum atomic E-state index is -1.08. The first-order chi connectivity index (χ1) is 12.9. The predicted octanol–water partition coefficient (Wildman–Crippen LogP) is 2.69. The van der Waals surface area contributed by atoms with E-state index in [0.717, 1.165) is 11.3 Å². The smallest absolute Gasteiger partial charge is 0.322 e. The van der Waals surface area contributed by atoms with E-state index in [2.05, 4.69) is 10.6 Å². The minimum Gasteiger partial charge on any atom is -0.480 e. The maximum absolute atomic E-state index is 12.3. The summed E-state index contributed by atoms with van der Waals surface area (Å²) in [6.45, 7) is 1.47. The van der Waals surface area contributed by atoms with Crippen LogP contribution in [0.3, 0.4) is 0 Å². The fourth-order valence-corrected chi connectivity index (χ4v) is 3.09. The molecule has 1 unspecified atom stereocenters. The molecule has 0 heterocycles. The van der Waals surface area contributed by atoms with E-state index in [1.54, 1.807) is 36.0 Å². The van der Waals surface area contributed by atoms with E-state index >= 15 is 0 Å². The van der Waals surface area contributed by atoms with E-state index in [9.17, 15) is 14.4 Å². The molecular formula is C20H22N2O4S. The molecule has 0 saturated heterocycles. The topological polar surface area (TPSA) is 95.5 Å². The van der Waals surface area contributed by atoms with Crippen LogP contribution in [0.1, 0.15) is 18.1 Å². The number of aliphatic carboxylic acids is 1. The molecule has 0 saturated carbocycles. The van der Waals surface area contributed by atoms with E-state index in [1.165, 1.54) is 5.56 Å². The van der Waals surface area contributed by atoms with Gasteiger partial charge >= 0.3 is 5.97 Å². The molecule has 0 aliphatic heterocycles. The Morgan fingerprint density at radius 2 is 1.67 bits per heavy atom. The lowest BCUT2D eigenvalue weighted by Gasteiger charge is -2.12. The molecule has 2 aromatic rings. The van der Waals surface area contributed by atoms with Gasteiger partial charge in [-0.15, -0.1) is 11.8 Å². The molecule has 27 heavy (non-hydrogen) atoms. The monoisotopic (exact) mass is 386 g/mol. The second-order valence-corrected chi connectivity index (χ2v) is 7.30. The summed E-state index contributed by atoms with van der Waals surface area (Å²) < 4.78 is 0. The molecule has 6 nitrogen and oxygen atoms in total. The van der Waals surface area contributed by atoms with E-state index in [-0.39, 0.29) is 23.5 Å². The van der Waals surface area contributed by atoms with Crippen molar-refractivity contribution in [1.82, 2.24) is 5.32 Å². The average Bonchev–Trinajstić information content (AvgIpc) is 2.66. The van der Waals surface area contributed by atoms with Crippen LogP contribution in [-0.4, -0.2) is 34.7 Å². The molecule has 0 spiro atoms. The molecule has 3 N–H and O–H groups in total. The van der Waals surface area contributed by atoms with Gasteiger partial charge in [-0.25, -0.2) is 0 Å². The third kappa shape index (κ3) is 7.53. The number of thioether (sulfide) groups is 1. The number of amides is 2. The lowest BCUT2D eigenvalue weighted by atomic mass is 10.1. The zero-order chi connectivity index (χ0) is 19.6. The Hall–Kier alpha value is -2.80. The van der Waals surface area contributed by atoms with Crippen molar-refractivity contribution in [3.63, 3.8) is 0 Å². The molecule has 0 fully saturated rings. The van der Waals surface area contributed by atoms with Gasteiger partial charge in [-0.3, -0.25) is 14.4 Å². The number of rotatable bonds is 9. The number of hydrogen-bond donors (Lipinski definition) is 3. The molecule has 1 atom stereocenters. The van der Waals surface area contributed by atoms with Crippen molar-refractivity contribution in [2.45, 2.75) is 24.3 Å². The first-order valence-corrected chi connectivity index (χ1v) is 9.52. The van der Waals surface area contributed by atoms with Gasteiger partial charge in [-0.05, 0) is 30.2 Å². The molecular weight excluding hydrogens is 364 g/mol. The summed E-state index contributed by atoms with van der Waals surface area (Å²) in [5.74, 6) is -0.761. The first kappa shape index (κ1) is 20.5. The van der Waals surface area contributed by atoms with Gasteiger partial charge in [0.25, 0.3) is 0 Å². The van der Waals surface area contributed by atoms with Crippen molar-refractivity contribution in [3.05, 3.63) is 65.7 Å². The Labute approximate surface area is 162 Å². The Morgan fingerprint density at radius 1 is 1.00 bits per heavy atom. The lowest BCUT2D eigenvalue weighted by Crippen LogP contribution is -2.30. The fraction of sp³-hybridized carbons (Fsp3) is 0.250. The third-order valence-corrected chi connectivity index (χ3v) is 4.95. The van der Waals surface area contributed by atoms with Gasteiger partial charge in [0.15, 0.2) is 0 Å². The van der Waals surface area contributed by atoms with Gasteiger partial charge in [-0.2, -0.15) is 0 Å². The van der Waals surface area contributed by atoms with E-state index < -0.39 is 12.5 Å². The van der Waals surface area contributed by atoms with Crippen LogP contribution in [-0.2, 0) is 26.6 Å². The normalized spacial score (nSPS) is 11.4. The highest BCUT2D eigenvalue weighted by Gasteiger charge is 2.14. The van der Waals surface area contributed by atoms with E-state index in [1.807, 2.05) is 37.3 Å². The van der Waals surface area contributed by atoms with E-state index in [0.29, 0.717) is 5.69 Å². The minimum absolute atomic E-state index is 0.0807. The number of carboxylic acids is 1.